The fourth-order valence-corrected chi connectivity index (χ4v) is 3.24. The van der Waals surface area contributed by atoms with Crippen LogP contribution in [0, 0.1) is 5.82 Å². The monoisotopic (exact) mass is 334 g/mol. The van der Waals surface area contributed by atoms with Crippen molar-refractivity contribution in [3.05, 3.63) is 57.8 Å². The highest BCUT2D eigenvalue weighted by atomic mass is 79.9. The molecule has 2 N–H and O–H groups in total. The fraction of sp³-hybridized carbons (Fsp3) is 0.250. The largest absolute Gasteiger partial charge is 0.340 e. The van der Waals surface area contributed by atoms with Gasteiger partial charge < -0.3 is 10.6 Å². The highest BCUT2D eigenvalue weighted by Gasteiger charge is 2.22. The van der Waals surface area contributed by atoms with E-state index in [1.807, 2.05) is 31.2 Å². The van der Waals surface area contributed by atoms with Crippen LogP contribution in [0.2, 0.25) is 0 Å². The van der Waals surface area contributed by atoms with E-state index < -0.39 is 0 Å². The number of hydrogen-bond donors (Lipinski definition) is 1. The van der Waals surface area contributed by atoms with Crippen LogP contribution >= 0.6 is 15.9 Å². The molecule has 0 unspecified atom stereocenters. The van der Waals surface area contributed by atoms with Crippen molar-refractivity contribution >= 4 is 27.3 Å². The Kier molecular flexibility index (Phi) is 3.52. The molecule has 1 atom stereocenters. The van der Waals surface area contributed by atoms with Gasteiger partial charge in [-0.3, -0.25) is 0 Å². The molecule has 20 heavy (non-hydrogen) atoms. The normalized spacial score (nSPS) is 15.3. The third kappa shape index (κ3) is 2.34. The first-order valence-corrected chi connectivity index (χ1v) is 7.46. The van der Waals surface area contributed by atoms with Crippen LogP contribution < -0.4 is 10.6 Å². The van der Waals surface area contributed by atoms with Gasteiger partial charge in [-0.05, 0) is 64.7 Å². The van der Waals surface area contributed by atoms with Crippen LogP contribution in [0.25, 0.3) is 0 Å². The summed E-state index contributed by atoms with van der Waals surface area (Å²) in [6, 6.07) is 11.1. The first-order chi connectivity index (χ1) is 9.56. The Hall–Kier alpha value is -1.39. The molecule has 0 bridgehead atoms. The molecule has 2 nitrogen and oxygen atoms in total. The van der Waals surface area contributed by atoms with E-state index in [1.54, 1.807) is 6.07 Å². The van der Waals surface area contributed by atoms with E-state index in [1.165, 1.54) is 11.6 Å². The Morgan fingerprint density at radius 3 is 2.70 bits per heavy atom. The SMILES string of the molecule is C[C@@H](N)c1ccc(N2CCc3ccc(F)cc32)c(Br)c1. The van der Waals surface area contributed by atoms with Crippen molar-refractivity contribution in [3.63, 3.8) is 0 Å². The minimum Gasteiger partial charge on any atom is -0.340 e. The zero-order chi connectivity index (χ0) is 14.3. The van der Waals surface area contributed by atoms with Gasteiger partial charge in [0, 0.05) is 22.7 Å². The van der Waals surface area contributed by atoms with Gasteiger partial charge in [-0.2, -0.15) is 0 Å². The van der Waals surface area contributed by atoms with Crippen molar-refractivity contribution in [2.75, 3.05) is 11.4 Å². The molecule has 2 aromatic carbocycles. The maximum atomic E-state index is 13.5. The summed E-state index contributed by atoms with van der Waals surface area (Å²) in [5.74, 6) is -0.195. The second kappa shape index (κ2) is 5.19. The molecule has 104 valence electrons. The van der Waals surface area contributed by atoms with Crippen LogP contribution in [0.3, 0.4) is 0 Å². The zero-order valence-corrected chi connectivity index (χ0v) is 12.8. The topological polar surface area (TPSA) is 29.3 Å². The molecular weight excluding hydrogens is 319 g/mol. The van der Waals surface area contributed by atoms with Crippen LogP contribution in [0.15, 0.2) is 40.9 Å². The fourth-order valence-electron chi connectivity index (χ4n) is 2.63. The quantitative estimate of drug-likeness (QED) is 0.886. The molecule has 0 aliphatic carbocycles. The summed E-state index contributed by atoms with van der Waals surface area (Å²) in [6.07, 6.45) is 0.942. The zero-order valence-electron chi connectivity index (χ0n) is 11.2. The van der Waals surface area contributed by atoms with E-state index in [0.29, 0.717) is 0 Å². The Bertz CT molecular complexity index is 655. The average Bonchev–Trinajstić information content (AvgIpc) is 2.81. The lowest BCUT2D eigenvalue weighted by Gasteiger charge is -2.22. The van der Waals surface area contributed by atoms with Crippen molar-refractivity contribution in [1.29, 1.82) is 0 Å². The summed E-state index contributed by atoms with van der Waals surface area (Å²) in [5.41, 5.74) is 10.2. The van der Waals surface area contributed by atoms with Crippen molar-refractivity contribution in [2.45, 2.75) is 19.4 Å². The van der Waals surface area contributed by atoms with Crippen molar-refractivity contribution in [2.24, 2.45) is 5.73 Å². The van der Waals surface area contributed by atoms with Gasteiger partial charge in [0.15, 0.2) is 0 Å². The van der Waals surface area contributed by atoms with Crippen molar-refractivity contribution in [3.8, 4) is 0 Å². The van der Waals surface area contributed by atoms with Crippen LogP contribution in [-0.2, 0) is 6.42 Å². The lowest BCUT2D eigenvalue weighted by Crippen LogP contribution is -2.14. The summed E-state index contributed by atoms with van der Waals surface area (Å²) >= 11 is 3.60. The number of nitrogens with zero attached hydrogens (tertiary/aromatic N) is 1. The van der Waals surface area contributed by atoms with Crippen LogP contribution in [0.1, 0.15) is 24.1 Å². The van der Waals surface area contributed by atoms with E-state index in [0.717, 1.165) is 34.4 Å². The summed E-state index contributed by atoms with van der Waals surface area (Å²) in [4.78, 5) is 2.15. The predicted molar refractivity (Wildman–Crippen MR) is 83.9 cm³/mol. The number of halogens is 2. The minimum atomic E-state index is -0.195. The molecule has 2 aromatic rings. The van der Waals surface area contributed by atoms with E-state index >= 15 is 0 Å². The number of rotatable bonds is 2. The van der Waals surface area contributed by atoms with Gasteiger partial charge >= 0.3 is 0 Å². The maximum Gasteiger partial charge on any atom is 0.125 e. The lowest BCUT2D eigenvalue weighted by molar-refractivity contribution is 0.628. The van der Waals surface area contributed by atoms with Crippen LogP contribution in [0.4, 0.5) is 15.8 Å². The molecule has 0 fully saturated rings. The number of anilines is 2. The van der Waals surface area contributed by atoms with Gasteiger partial charge in [0.25, 0.3) is 0 Å². The van der Waals surface area contributed by atoms with E-state index in [4.69, 9.17) is 5.73 Å². The van der Waals surface area contributed by atoms with Gasteiger partial charge in [-0.1, -0.05) is 12.1 Å². The van der Waals surface area contributed by atoms with E-state index in [-0.39, 0.29) is 11.9 Å². The van der Waals surface area contributed by atoms with Gasteiger partial charge in [-0.25, -0.2) is 4.39 Å². The minimum absolute atomic E-state index is 0.00339. The maximum absolute atomic E-state index is 13.5. The third-order valence-corrected chi connectivity index (χ3v) is 4.37. The predicted octanol–water partition coefficient (Wildman–Crippen LogP) is 4.30. The molecule has 1 aliphatic heterocycles. The van der Waals surface area contributed by atoms with Crippen molar-refractivity contribution < 1.29 is 4.39 Å². The van der Waals surface area contributed by atoms with Crippen LogP contribution in [-0.4, -0.2) is 6.54 Å². The van der Waals surface area contributed by atoms with E-state index in [2.05, 4.69) is 20.8 Å². The summed E-state index contributed by atoms with van der Waals surface area (Å²) in [7, 11) is 0. The molecule has 4 heteroatoms. The Labute approximate surface area is 126 Å². The first-order valence-electron chi connectivity index (χ1n) is 6.67. The third-order valence-electron chi connectivity index (χ3n) is 3.73. The number of nitrogens with two attached hydrogens (primary N) is 1. The lowest BCUT2D eigenvalue weighted by atomic mass is 10.1. The summed E-state index contributed by atoms with van der Waals surface area (Å²) in [5, 5.41) is 0. The van der Waals surface area contributed by atoms with Gasteiger partial charge in [-0.15, -0.1) is 0 Å². The van der Waals surface area contributed by atoms with E-state index in [9.17, 15) is 4.39 Å². The Balaban J connectivity index is 2.02. The molecule has 0 radical (unpaired) electrons. The molecule has 0 saturated carbocycles. The highest BCUT2D eigenvalue weighted by molar-refractivity contribution is 9.10. The van der Waals surface area contributed by atoms with Gasteiger partial charge in [0.2, 0.25) is 0 Å². The molecule has 3 rings (SSSR count). The second-order valence-corrected chi connectivity index (χ2v) is 6.03. The molecule has 0 amide bonds. The smallest absolute Gasteiger partial charge is 0.125 e. The summed E-state index contributed by atoms with van der Waals surface area (Å²) in [6.45, 7) is 2.83. The summed E-state index contributed by atoms with van der Waals surface area (Å²) < 4.78 is 14.5. The molecule has 1 aliphatic rings. The van der Waals surface area contributed by atoms with Crippen LogP contribution in [0.5, 0.6) is 0 Å². The number of fused-ring (bicyclic) bond motifs is 1. The van der Waals surface area contributed by atoms with Crippen molar-refractivity contribution in [1.82, 2.24) is 0 Å². The first kappa shape index (κ1) is 13.6. The Morgan fingerprint density at radius 2 is 2.00 bits per heavy atom. The molecule has 0 aromatic heterocycles. The molecular formula is C16H16BrFN2. The number of hydrogen-bond acceptors (Lipinski definition) is 2. The molecule has 0 spiro atoms. The second-order valence-electron chi connectivity index (χ2n) is 5.17. The Morgan fingerprint density at radius 1 is 1.20 bits per heavy atom. The average molecular weight is 335 g/mol. The van der Waals surface area contributed by atoms with Gasteiger partial charge in [0.1, 0.15) is 5.82 Å². The number of benzene rings is 2. The highest BCUT2D eigenvalue weighted by Crippen LogP contribution is 2.39. The molecule has 1 heterocycles. The standard InChI is InChI=1S/C16H16BrFN2/c1-10(19)12-3-5-15(14(17)8-12)20-7-6-11-2-4-13(18)9-16(11)20/h2-5,8-10H,6-7,19H2,1H3/t10-/m1/s1. The molecule has 0 saturated heterocycles. The van der Waals surface area contributed by atoms with Gasteiger partial charge in [0.05, 0.1) is 5.69 Å².